The smallest absolute Gasteiger partial charge is 0.0856 e. The second kappa shape index (κ2) is 5.55. The van der Waals surface area contributed by atoms with Gasteiger partial charge in [0.1, 0.15) is 0 Å². The van der Waals surface area contributed by atoms with E-state index in [1.54, 1.807) is 0 Å². The third-order valence-corrected chi connectivity index (χ3v) is 4.57. The van der Waals surface area contributed by atoms with Crippen molar-refractivity contribution in [3.8, 4) is 0 Å². The highest BCUT2D eigenvalue weighted by molar-refractivity contribution is 14.1. The largest absolute Gasteiger partial charge is 0.390 e. The number of hydrogen-bond acceptors (Lipinski definition) is 2. The van der Waals surface area contributed by atoms with Crippen molar-refractivity contribution < 1.29 is 9.84 Å². The second-order valence-corrected chi connectivity index (χ2v) is 6.65. The van der Waals surface area contributed by atoms with Crippen molar-refractivity contribution in [1.29, 1.82) is 0 Å². The van der Waals surface area contributed by atoms with Crippen LogP contribution >= 0.6 is 38.5 Å². The van der Waals surface area contributed by atoms with Crippen molar-refractivity contribution in [1.82, 2.24) is 0 Å². The maximum Gasteiger partial charge on any atom is 0.0856 e. The van der Waals surface area contributed by atoms with Crippen LogP contribution in [0.5, 0.6) is 0 Å². The molecule has 1 N–H and O–H groups in total. The lowest BCUT2D eigenvalue weighted by Gasteiger charge is -2.39. The molecule has 2 rings (SSSR count). The highest BCUT2D eigenvalue weighted by Crippen LogP contribution is 2.37. The zero-order valence-corrected chi connectivity index (χ0v) is 13.4. The highest BCUT2D eigenvalue weighted by Gasteiger charge is 2.36. The molecule has 1 heterocycles. The topological polar surface area (TPSA) is 29.5 Å². The Morgan fingerprint density at radius 1 is 1.41 bits per heavy atom. The van der Waals surface area contributed by atoms with E-state index in [1.807, 2.05) is 19.1 Å². The normalized spacial score (nSPS) is 33.6. The van der Waals surface area contributed by atoms with E-state index in [-0.39, 0.29) is 12.2 Å². The van der Waals surface area contributed by atoms with Crippen LogP contribution in [0.1, 0.15) is 31.4 Å². The predicted octanol–water partition coefficient (Wildman–Crippen LogP) is 3.86. The Balaban J connectivity index is 2.17. The molecule has 0 aromatic heterocycles. The van der Waals surface area contributed by atoms with Crippen molar-refractivity contribution in [3.05, 3.63) is 34.3 Å². The Morgan fingerprint density at radius 3 is 2.65 bits per heavy atom. The third-order valence-electron chi connectivity index (χ3n) is 3.06. The molecule has 94 valence electrons. The van der Waals surface area contributed by atoms with Crippen LogP contribution < -0.4 is 0 Å². The summed E-state index contributed by atoms with van der Waals surface area (Å²) in [6.45, 7) is 1.90. The molecule has 0 spiro atoms. The van der Waals surface area contributed by atoms with E-state index in [2.05, 4.69) is 50.7 Å². The van der Waals surface area contributed by atoms with E-state index in [1.165, 1.54) is 0 Å². The van der Waals surface area contributed by atoms with Gasteiger partial charge >= 0.3 is 0 Å². The molecule has 1 aromatic rings. The minimum absolute atomic E-state index is 0.00613. The predicted molar refractivity (Wildman–Crippen MR) is 80.5 cm³/mol. The van der Waals surface area contributed by atoms with Crippen LogP contribution in [-0.4, -0.2) is 21.2 Å². The van der Waals surface area contributed by atoms with Gasteiger partial charge in [-0.25, -0.2) is 0 Å². The summed E-state index contributed by atoms with van der Waals surface area (Å²) < 4.78 is 8.00. The first-order valence-corrected chi connectivity index (χ1v) is 8.01. The number of hydrogen-bond donors (Lipinski definition) is 1. The summed E-state index contributed by atoms with van der Waals surface area (Å²) in [5, 5.41) is 10.3. The van der Waals surface area contributed by atoms with Crippen molar-refractivity contribution >= 4 is 38.5 Å². The first-order chi connectivity index (χ1) is 8.00. The summed E-state index contributed by atoms with van der Waals surface area (Å²) in [7, 11) is 0. The Bertz CT molecular complexity index is 378. The standard InChI is InChI=1S/C13H16BrIO2/c1-13(16)6-11(8-15)17-12(7-13)9-2-4-10(14)5-3-9/h2-5,11-12,16H,6-8H2,1H3/t11-,12-,13+/m1/s1. The molecule has 1 fully saturated rings. The average molecular weight is 411 g/mol. The van der Waals surface area contributed by atoms with Gasteiger partial charge < -0.3 is 9.84 Å². The van der Waals surface area contributed by atoms with Crippen molar-refractivity contribution in [2.45, 2.75) is 37.6 Å². The minimum Gasteiger partial charge on any atom is -0.390 e. The molecule has 0 radical (unpaired) electrons. The molecule has 0 unspecified atom stereocenters. The van der Waals surface area contributed by atoms with Crippen molar-refractivity contribution in [2.75, 3.05) is 4.43 Å². The average Bonchev–Trinajstić information content (AvgIpc) is 2.27. The molecular weight excluding hydrogens is 395 g/mol. The SMILES string of the molecule is C[C@]1(O)C[C@H](CI)O[C@@H](c2ccc(Br)cc2)C1. The maximum atomic E-state index is 10.3. The van der Waals surface area contributed by atoms with E-state index < -0.39 is 5.60 Å². The number of ether oxygens (including phenoxy) is 1. The highest BCUT2D eigenvalue weighted by atomic mass is 127. The quantitative estimate of drug-likeness (QED) is 0.592. The molecular formula is C13H16BrIO2. The monoisotopic (exact) mass is 410 g/mol. The molecule has 0 saturated carbocycles. The summed E-state index contributed by atoms with van der Waals surface area (Å²) >= 11 is 5.74. The van der Waals surface area contributed by atoms with Crippen molar-refractivity contribution in [2.24, 2.45) is 0 Å². The van der Waals surface area contributed by atoms with Gasteiger partial charge in [-0.3, -0.25) is 0 Å². The summed E-state index contributed by atoms with van der Waals surface area (Å²) in [6, 6.07) is 8.14. The third kappa shape index (κ3) is 3.66. The van der Waals surface area contributed by atoms with Gasteiger partial charge in [0.05, 0.1) is 17.8 Å². The van der Waals surface area contributed by atoms with E-state index in [4.69, 9.17) is 4.74 Å². The second-order valence-electron chi connectivity index (χ2n) is 4.86. The van der Waals surface area contributed by atoms with Gasteiger partial charge in [-0.05, 0) is 24.6 Å². The molecule has 17 heavy (non-hydrogen) atoms. The zero-order valence-electron chi connectivity index (χ0n) is 9.70. The fourth-order valence-corrected chi connectivity index (χ4v) is 3.05. The van der Waals surface area contributed by atoms with Gasteiger partial charge in [0.25, 0.3) is 0 Å². The van der Waals surface area contributed by atoms with E-state index in [0.717, 1.165) is 20.9 Å². The number of benzene rings is 1. The Labute approximate surface area is 124 Å². The molecule has 0 aliphatic carbocycles. The Kier molecular flexibility index (Phi) is 4.50. The summed E-state index contributed by atoms with van der Waals surface area (Å²) in [5.74, 6) is 0. The summed E-state index contributed by atoms with van der Waals surface area (Å²) in [6.07, 6.45) is 1.55. The fourth-order valence-electron chi connectivity index (χ4n) is 2.27. The maximum absolute atomic E-state index is 10.3. The van der Waals surface area contributed by atoms with Crippen LogP contribution in [0, 0.1) is 0 Å². The van der Waals surface area contributed by atoms with E-state index in [9.17, 15) is 5.11 Å². The van der Waals surface area contributed by atoms with Gasteiger partial charge in [0, 0.05) is 21.7 Å². The van der Waals surface area contributed by atoms with Crippen LogP contribution in [0.2, 0.25) is 0 Å². The Morgan fingerprint density at radius 2 is 2.06 bits per heavy atom. The molecule has 1 aliphatic rings. The molecule has 1 saturated heterocycles. The number of aliphatic hydroxyl groups is 1. The first kappa shape index (κ1) is 13.8. The fraction of sp³-hybridized carbons (Fsp3) is 0.538. The molecule has 0 amide bonds. The van der Waals surface area contributed by atoms with Gasteiger partial charge in [0.15, 0.2) is 0 Å². The van der Waals surface area contributed by atoms with Crippen LogP contribution in [0.4, 0.5) is 0 Å². The van der Waals surface area contributed by atoms with Crippen molar-refractivity contribution in [3.63, 3.8) is 0 Å². The number of halogens is 2. The first-order valence-electron chi connectivity index (χ1n) is 5.69. The lowest BCUT2D eigenvalue weighted by molar-refractivity contribution is -0.129. The zero-order chi connectivity index (χ0) is 12.5. The Hall–Kier alpha value is 0.350. The summed E-state index contributed by atoms with van der Waals surface area (Å²) in [4.78, 5) is 0. The van der Waals surface area contributed by atoms with Gasteiger partial charge in [0.2, 0.25) is 0 Å². The van der Waals surface area contributed by atoms with E-state index >= 15 is 0 Å². The van der Waals surface area contributed by atoms with Crippen LogP contribution in [0.25, 0.3) is 0 Å². The lowest BCUT2D eigenvalue weighted by atomic mass is 9.87. The molecule has 3 atom stereocenters. The van der Waals surface area contributed by atoms with Gasteiger partial charge in [-0.2, -0.15) is 0 Å². The van der Waals surface area contributed by atoms with Crippen LogP contribution in [0.3, 0.4) is 0 Å². The van der Waals surface area contributed by atoms with Crippen LogP contribution in [-0.2, 0) is 4.74 Å². The number of alkyl halides is 1. The lowest BCUT2D eigenvalue weighted by Crippen LogP contribution is -2.40. The number of rotatable bonds is 2. The molecule has 2 nitrogen and oxygen atoms in total. The molecule has 4 heteroatoms. The van der Waals surface area contributed by atoms with Crippen LogP contribution in [0.15, 0.2) is 28.7 Å². The molecule has 1 aliphatic heterocycles. The molecule has 1 aromatic carbocycles. The van der Waals surface area contributed by atoms with Gasteiger partial charge in [-0.1, -0.05) is 50.7 Å². The molecule has 0 bridgehead atoms. The van der Waals surface area contributed by atoms with Gasteiger partial charge in [-0.15, -0.1) is 0 Å². The van der Waals surface area contributed by atoms with E-state index in [0.29, 0.717) is 6.42 Å². The minimum atomic E-state index is -0.619. The summed E-state index contributed by atoms with van der Waals surface area (Å²) in [5.41, 5.74) is 0.522.